The van der Waals surface area contributed by atoms with Crippen LogP contribution in [-0.2, 0) is 9.47 Å². The van der Waals surface area contributed by atoms with E-state index in [0.29, 0.717) is 12.7 Å². The maximum atomic E-state index is 6.26. The highest BCUT2D eigenvalue weighted by Crippen LogP contribution is 2.47. The molecule has 0 bridgehead atoms. The fraction of sp³-hybridized carbons (Fsp3) is 0.882. The first-order valence-corrected chi connectivity index (χ1v) is 10.1. The number of rotatable bonds is 4. The van der Waals surface area contributed by atoms with Crippen LogP contribution in [0.3, 0.4) is 0 Å². The average Bonchev–Trinajstić information content (AvgIpc) is 2.60. The normalized spacial score (nSPS) is 37.2. The molecule has 4 unspecified atom stereocenters. The molecule has 0 aromatic carbocycles. The van der Waals surface area contributed by atoms with E-state index in [-0.39, 0.29) is 6.10 Å². The molecule has 3 fully saturated rings. The number of hydrogen-bond donors (Lipinski definition) is 0. The van der Waals surface area contributed by atoms with Crippen molar-refractivity contribution in [3.05, 3.63) is 9.47 Å². The zero-order valence-corrected chi connectivity index (χ0v) is 15.8. The summed E-state index contributed by atoms with van der Waals surface area (Å²) in [6.45, 7) is 1.44. The van der Waals surface area contributed by atoms with E-state index in [2.05, 4.69) is 31.9 Å². The van der Waals surface area contributed by atoms with Gasteiger partial charge in [0, 0.05) is 0 Å². The molecular weight excluding hydrogens is 396 g/mol. The van der Waals surface area contributed by atoms with Crippen LogP contribution >= 0.6 is 31.9 Å². The van der Waals surface area contributed by atoms with E-state index in [0.717, 1.165) is 34.2 Å². The number of ether oxygens (including phenoxy) is 2. The lowest BCUT2D eigenvalue weighted by Crippen LogP contribution is -2.39. The second-order valence-corrected chi connectivity index (χ2v) is 9.62. The molecule has 120 valence electrons. The molecule has 2 aliphatic carbocycles. The summed E-state index contributed by atoms with van der Waals surface area (Å²) >= 11 is 6.74. The Morgan fingerprint density at radius 3 is 2.52 bits per heavy atom. The molecule has 0 N–H and O–H groups in total. The fourth-order valence-corrected chi connectivity index (χ4v) is 4.65. The molecule has 1 saturated heterocycles. The topological polar surface area (TPSA) is 18.5 Å². The zero-order valence-electron chi connectivity index (χ0n) is 12.6. The number of halogens is 2. The van der Waals surface area contributed by atoms with Gasteiger partial charge in [0.2, 0.25) is 0 Å². The largest absolute Gasteiger partial charge is 0.375 e. The predicted molar refractivity (Wildman–Crippen MR) is 92.8 cm³/mol. The van der Waals surface area contributed by atoms with Crippen molar-refractivity contribution in [2.45, 2.75) is 63.6 Å². The van der Waals surface area contributed by atoms with E-state index in [1.54, 1.807) is 0 Å². The second kappa shape index (κ2) is 7.94. The number of fused-ring (bicyclic) bond motifs is 1. The minimum atomic E-state index is 0.272. The molecule has 0 aromatic heterocycles. The van der Waals surface area contributed by atoms with Gasteiger partial charge in [0.1, 0.15) is 0 Å². The summed E-state index contributed by atoms with van der Waals surface area (Å²) in [5.41, 5.74) is 0. The van der Waals surface area contributed by atoms with Crippen molar-refractivity contribution in [2.24, 2.45) is 17.8 Å². The Morgan fingerprint density at radius 2 is 1.81 bits per heavy atom. The summed E-state index contributed by atoms with van der Waals surface area (Å²) in [5.74, 6) is 2.75. The first-order valence-electron chi connectivity index (χ1n) is 8.48. The fourth-order valence-electron chi connectivity index (χ4n) is 4.39. The first-order chi connectivity index (χ1) is 10.2. The zero-order chi connectivity index (χ0) is 14.7. The van der Waals surface area contributed by atoms with E-state index in [4.69, 9.17) is 9.47 Å². The minimum absolute atomic E-state index is 0.272. The summed E-state index contributed by atoms with van der Waals surface area (Å²) in [6.07, 6.45) is 13.7. The van der Waals surface area contributed by atoms with Gasteiger partial charge < -0.3 is 9.47 Å². The molecule has 0 amide bonds. The van der Waals surface area contributed by atoms with Crippen molar-refractivity contribution < 1.29 is 9.47 Å². The molecule has 1 aliphatic heterocycles. The van der Waals surface area contributed by atoms with Crippen molar-refractivity contribution in [1.29, 1.82) is 0 Å². The van der Waals surface area contributed by atoms with Crippen LogP contribution < -0.4 is 0 Å². The van der Waals surface area contributed by atoms with Crippen LogP contribution in [0.25, 0.3) is 0 Å². The van der Waals surface area contributed by atoms with Gasteiger partial charge in [-0.15, -0.1) is 0 Å². The summed E-state index contributed by atoms with van der Waals surface area (Å²) in [7, 11) is 0. The highest BCUT2D eigenvalue weighted by Gasteiger charge is 2.41. The van der Waals surface area contributed by atoms with Gasteiger partial charge in [0.15, 0.2) is 0 Å². The predicted octanol–water partition coefficient (Wildman–Crippen LogP) is 5.40. The molecule has 21 heavy (non-hydrogen) atoms. The van der Waals surface area contributed by atoms with E-state index in [9.17, 15) is 0 Å². The second-order valence-electron chi connectivity index (χ2n) is 6.85. The van der Waals surface area contributed by atoms with Gasteiger partial charge in [-0.1, -0.05) is 25.7 Å². The monoisotopic (exact) mass is 420 g/mol. The summed E-state index contributed by atoms with van der Waals surface area (Å²) in [6, 6.07) is 0. The van der Waals surface area contributed by atoms with Gasteiger partial charge in [-0.05, 0) is 81.4 Å². The molecule has 4 heteroatoms. The van der Waals surface area contributed by atoms with E-state index < -0.39 is 0 Å². The van der Waals surface area contributed by atoms with Crippen LogP contribution in [0, 0.1) is 17.8 Å². The van der Waals surface area contributed by atoms with Gasteiger partial charge >= 0.3 is 0 Å². The molecule has 3 rings (SSSR count). The quantitative estimate of drug-likeness (QED) is 0.605. The van der Waals surface area contributed by atoms with Crippen molar-refractivity contribution >= 4 is 31.9 Å². The van der Waals surface area contributed by atoms with Gasteiger partial charge in [-0.2, -0.15) is 0 Å². The Morgan fingerprint density at radius 1 is 1.00 bits per heavy atom. The average molecular weight is 422 g/mol. The standard InChI is InChI=1S/C17H26Br2O2/c18-17(19)9-10-20-13-7-8-15-14(12-3-1-4-12)5-2-6-16(15)21-11-13/h9,12-16H,1-8,10-11H2. The molecule has 0 radical (unpaired) electrons. The van der Waals surface area contributed by atoms with Crippen molar-refractivity contribution in [2.75, 3.05) is 13.2 Å². The Bertz CT molecular complexity index is 364. The van der Waals surface area contributed by atoms with Crippen LogP contribution in [0.15, 0.2) is 9.47 Å². The van der Waals surface area contributed by atoms with Gasteiger partial charge in [0.25, 0.3) is 0 Å². The first kappa shape index (κ1) is 16.5. The molecule has 3 aliphatic rings. The van der Waals surface area contributed by atoms with E-state index in [1.165, 1.54) is 44.9 Å². The van der Waals surface area contributed by atoms with E-state index in [1.807, 2.05) is 6.08 Å². The van der Waals surface area contributed by atoms with Crippen molar-refractivity contribution in [3.8, 4) is 0 Å². The lowest BCUT2D eigenvalue weighted by molar-refractivity contribution is -0.0669. The maximum Gasteiger partial charge on any atom is 0.0813 e. The SMILES string of the molecule is BrC(Br)=CCOC1CCC2C(CCCC2C2CCC2)OC1. The number of hydrogen-bond acceptors (Lipinski definition) is 2. The van der Waals surface area contributed by atoms with Crippen molar-refractivity contribution in [1.82, 2.24) is 0 Å². The van der Waals surface area contributed by atoms with Crippen molar-refractivity contribution in [3.63, 3.8) is 0 Å². The Hall–Kier alpha value is 0.620. The third-order valence-electron chi connectivity index (χ3n) is 5.70. The Balaban J connectivity index is 1.54. The van der Waals surface area contributed by atoms with Gasteiger partial charge in [-0.25, -0.2) is 0 Å². The highest BCUT2D eigenvalue weighted by atomic mass is 79.9. The Kier molecular flexibility index (Phi) is 6.23. The molecule has 4 atom stereocenters. The van der Waals surface area contributed by atoms with Crippen LogP contribution in [-0.4, -0.2) is 25.4 Å². The third kappa shape index (κ3) is 4.33. The molecule has 0 spiro atoms. The van der Waals surface area contributed by atoms with Crippen LogP contribution in [0.5, 0.6) is 0 Å². The van der Waals surface area contributed by atoms with Crippen LogP contribution in [0.4, 0.5) is 0 Å². The van der Waals surface area contributed by atoms with Crippen LogP contribution in [0.1, 0.15) is 51.4 Å². The molecule has 0 aromatic rings. The molecular formula is C17H26Br2O2. The lowest BCUT2D eigenvalue weighted by Gasteiger charge is -2.44. The summed E-state index contributed by atoms with van der Waals surface area (Å²) in [5, 5.41) is 0. The third-order valence-corrected chi connectivity index (χ3v) is 6.34. The highest BCUT2D eigenvalue weighted by molar-refractivity contribution is 9.28. The lowest BCUT2D eigenvalue weighted by atomic mass is 9.63. The van der Waals surface area contributed by atoms with Crippen LogP contribution in [0.2, 0.25) is 0 Å². The van der Waals surface area contributed by atoms with Gasteiger partial charge in [-0.3, -0.25) is 0 Å². The maximum absolute atomic E-state index is 6.26. The van der Waals surface area contributed by atoms with E-state index >= 15 is 0 Å². The minimum Gasteiger partial charge on any atom is -0.375 e. The van der Waals surface area contributed by atoms with Gasteiger partial charge in [0.05, 0.1) is 28.8 Å². The Labute approximate surface area is 145 Å². The smallest absolute Gasteiger partial charge is 0.0813 e. The molecule has 2 saturated carbocycles. The molecule has 1 heterocycles. The molecule has 2 nitrogen and oxygen atoms in total. The summed E-state index contributed by atoms with van der Waals surface area (Å²) < 4.78 is 13.2. The summed E-state index contributed by atoms with van der Waals surface area (Å²) in [4.78, 5) is 0.